The van der Waals surface area contributed by atoms with E-state index in [1.165, 1.54) is 30.6 Å². The summed E-state index contributed by atoms with van der Waals surface area (Å²) in [7, 11) is 2.21. The van der Waals surface area contributed by atoms with E-state index in [1.54, 1.807) is 0 Å². The first-order valence-electron chi connectivity index (χ1n) is 6.18. The number of likely N-dealkylation sites (tertiary alicyclic amines) is 1. The molecule has 0 aromatic heterocycles. The van der Waals surface area contributed by atoms with E-state index in [1.807, 2.05) is 0 Å². The van der Waals surface area contributed by atoms with Gasteiger partial charge in [-0.15, -0.1) is 0 Å². The smallest absolute Gasteiger partial charge is 0.0178 e. The fourth-order valence-corrected chi connectivity index (χ4v) is 2.65. The van der Waals surface area contributed by atoms with E-state index >= 15 is 0 Å². The summed E-state index contributed by atoms with van der Waals surface area (Å²) < 4.78 is 0. The largest absolute Gasteiger partial charge is 0.326 e. The molecule has 2 rings (SSSR count). The van der Waals surface area contributed by atoms with Crippen LogP contribution in [0, 0.1) is 5.92 Å². The molecule has 1 aromatic rings. The van der Waals surface area contributed by atoms with Crippen LogP contribution >= 0.6 is 0 Å². The Hall–Kier alpha value is -0.860. The normalized spacial score (nSPS) is 23.6. The van der Waals surface area contributed by atoms with Gasteiger partial charge in [0.05, 0.1) is 0 Å². The molecule has 88 valence electrons. The Balaban J connectivity index is 2.10. The molecule has 1 saturated heterocycles. The Bertz CT molecular complexity index is 348. The molecule has 2 unspecified atom stereocenters. The van der Waals surface area contributed by atoms with E-state index < -0.39 is 0 Å². The highest BCUT2D eigenvalue weighted by atomic mass is 15.1. The van der Waals surface area contributed by atoms with Gasteiger partial charge in [0.25, 0.3) is 0 Å². The van der Waals surface area contributed by atoms with Gasteiger partial charge in [0.1, 0.15) is 0 Å². The van der Waals surface area contributed by atoms with Crippen molar-refractivity contribution < 1.29 is 0 Å². The van der Waals surface area contributed by atoms with Crippen molar-refractivity contribution in [2.45, 2.75) is 25.8 Å². The van der Waals surface area contributed by atoms with Crippen LogP contribution in [0.15, 0.2) is 24.3 Å². The maximum atomic E-state index is 5.69. The van der Waals surface area contributed by atoms with Gasteiger partial charge < -0.3 is 10.6 Å². The lowest BCUT2D eigenvalue weighted by Crippen LogP contribution is -2.17. The van der Waals surface area contributed by atoms with E-state index in [0.29, 0.717) is 12.5 Å². The van der Waals surface area contributed by atoms with E-state index in [0.717, 1.165) is 5.92 Å². The second-order valence-electron chi connectivity index (χ2n) is 5.05. The Morgan fingerprint density at radius 2 is 2.31 bits per heavy atom. The third-order valence-corrected chi connectivity index (χ3v) is 3.85. The molecule has 2 nitrogen and oxygen atoms in total. The van der Waals surface area contributed by atoms with Crippen LogP contribution in [0.3, 0.4) is 0 Å². The van der Waals surface area contributed by atoms with Crippen LogP contribution < -0.4 is 5.73 Å². The molecule has 2 atom stereocenters. The zero-order valence-electron chi connectivity index (χ0n) is 10.3. The standard InChI is InChI=1S/C14H22N2/c1-11(14-6-7-16(2)10-14)13-5-3-4-12(8-13)9-15/h3-5,8,11,14H,6-7,9-10,15H2,1-2H3. The second-order valence-corrected chi connectivity index (χ2v) is 5.05. The minimum Gasteiger partial charge on any atom is -0.326 e. The summed E-state index contributed by atoms with van der Waals surface area (Å²) in [5, 5.41) is 0. The molecule has 1 heterocycles. The van der Waals surface area contributed by atoms with Gasteiger partial charge >= 0.3 is 0 Å². The molecule has 0 radical (unpaired) electrons. The van der Waals surface area contributed by atoms with Crippen LogP contribution in [0.4, 0.5) is 0 Å². The summed E-state index contributed by atoms with van der Waals surface area (Å²) in [5.41, 5.74) is 8.38. The summed E-state index contributed by atoms with van der Waals surface area (Å²) in [6.07, 6.45) is 1.32. The van der Waals surface area contributed by atoms with Crippen LogP contribution in [0.5, 0.6) is 0 Å². The SMILES string of the molecule is CC(c1cccc(CN)c1)C1CCN(C)C1. The Morgan fingerprint density at radius 3 is 2.94 bits per heavy atom. The highest BCUT2D eigenvalue weighted by Crippen LogP contribution is 2.31. The predicted octanol–water partition coefficient (Wildman–Crippen LogP) is 2.20. The molecule has 0 amide bonds. The summed E-state index contributed by atoms with van der Waals surface area (Å²) >= 11 is 0. The van der Waals surface area contributed by atoms with Gasteiger partial charge in [-0.3, -0.25) is 0 Å². The zero-order valence-corrected chi connectivity index (χ0v) is 10.3. The van der Waals surface area contributed by atoms with Crippen molar-refractivity contribution in [1.82, 2.24) is 4.90 Å². The first-order valence-corrected chi connectivity index (χ1v) is 6.18. The van der Waals surface area contributed by atoms with Crippen molar-refractivity contribution in [2.24, 2.45) is 11.7 Å². The lowest BCUT2D eigenvalue weighted by atomic mass is 9.86. The lowest BCUT2D eigenvalue weighted by molar-refractivity contribution is 0.377. The number of rotatable bonds is 3. The zero-order chi connectivity index (χ0) is 11.5. The molecule has 0 bridgehead atoms. The van der Waals surface area contributed by atoms with E-state index in [-0.39, 0.29) is 0 Å². The number of hydrogen-bond acceptors (Lipinski definition) is 2. The minimum absolute atomic E-state index is 0.644. The molecule has 1 aliphatic rings. The van der Waals surface area contributed by atoms with Crippen molar-refractivity contribution in [3.05, 3.63) is 35.4 Å². The van der Waals surface area contributed by atoms with Gasteiger partial charge in [0, 0.05) is 13.1 Å². The predicted molar refractivity (Wildman–Crippen MR) is 68.4 cm³/mol. The fourth-order valence-electron chi connectivity index (χ4n) is 2.65. The third-order valence-electron chi connectivity index (χ3n) is 3.85. The highest BCUT2D eigenvalue weighted by molar-refractivity contribution is 5.26. The van der Waals surface area contributed by atoms with Gasteiger partial charge in [-0.05, 0) is 43.0 Å². The van der Waals surface area contributed by atoms with Gasteiger partial charge in [-0.25, -0.2) is 0 Å². The topological polar surface area (TPSA) is 29.3 Å². The van der Waals surface area contributed by atoms with Crippen LogP contribution in [-0.2, 0) is 6.54 Å². The Labute approximate surface area is 98.4 Å². The van der Waals surface area contributed by atoms with Crippen molar-refractivity contribution >= 4 is 0 Å². The van der Waals surface area contributed by atoms with Gasteiger partial charge in [0.15, 0.2) is 0 Å². The average Bonchev–Trinajstić information content (AvgIpc) is 2.75. The molecule has 0 spiro atoms. The average molecular weight is 218 g/mol. The van der Waals surface area contributed by atoms with Crippen LogP contribution in [0.25, 0.3) is 0 Å². The molecule has 2 N–H and O–H groups in total. The maximum absolute atomic E-state index is 5.69. The second kappa shape index (κ2) is 4.98. The third kappa shape index (κ3) is 2.45. The summed E-state index contributed by atoms with van der Waals surface area (Å²) in [5.74, 6) is 1.45. The molecule has 1 aliphatic heterocycles. The van der Waals surface area contributed by atoms with Crippen molar-refractivity contribution in [1.29, 1.82) is 0 Å². The van der Waals surface area contributed by atoms with Crippen molar-refractivity contribution in [3.63, 3.8) is 0 Å². The molecule has 1 aromatic carbocycles. The van der Waals surface area contributed by atoms with Gasteiger partial charge in [-0.1, -0.05) is 31.2 Å². The van der Waals surface area contributed by atoms with E-state index in [9.17, 15) is 0 Å². The molecule has 16 heavy (non-hydrogen) atoms. The van der Waals surface area contributed by atoms with E-state index in [4.69, 9.17) is 5.73 Å². The quantitative estimate of drug-likeness (QED) is 0.842. The summed E-state index contributed by atoms with van der Waals surface area (Å²) in [4.78, 5) is 2.42. The first kappa shape index (κ1) is 11.6. The maximum Gasteiger partial charge on any atom is 0.0178 e. The number of benzene rings is 1. The van der Waals surface area contributed by atoms with Crippen LogP contribution in [-0.4, -0.2) is 25.0 Å². The summed E-state index contributed by atoms with van der Waals surface area (Å²) in [6, 6.07) is 8.74. The van der Waals surface area contributed by atoms with Crippen LogP contribution in [0.2, 0.25) is 0 Å². The Kier molecular flexibility index (Phi) is 3.62. The highest BCUT2D eigenvalue weighted by Gasteiger charge is 2.25. The minimum atomic E-state index is 0.644. The first-order chi connectivity index (χ1) is 7.70. The number of nitrogens with zero attached hydrogens (tertiary/aromatic N) is 1. The Morgan fingerprint density at radius 1 is 1.50 bits per heavy atom. The van der Waals surface area contributed by atoms with Crippen LogP contribution in [0.1, 0.15) is 30.4 Å². The van der Waals surface area contributed by atoms with Crippen molar-refractivity contribution in [2.75, 3.05) is 20.1 Å². The van der Waals surface area contributed by atoms with Gasteiger partial charge in [0.2, 0.25) is 0 Å². The molecule has 0 aliphatic carbocycles. The molecular formula is C14H22N2. The number of nitrogens with two attached hydrogens (primary N) is 1. The van der Waals surface area contributed by atoms with E-state index in [2.05, 4.69) is 43.1 Å². The molecule has 2 heteroatoms. The molecular weight excluding hydrogens is 196 g/mol. The van der Waals surface area contributed by atoms with Gasteiger partial charge in [-0.2, -0.15) is 0 Å². The summed E-state index contributed by atoms with van der Waals surface area (Å²) in [6.45, 7) is 5.46. The molecule has 1 fully saturated rings. The fraction of sp³-hybridized carbons (Fsp3) is 0.571. The lowest BCUT2D eigenvalue weighted by Gasteiger charge is -2.20. The number of hydrogen-bond donors (Lipinski definition) is 1. The molecule has 0 saturated carbocycles. The van der Waals surface area contributed by atoms with Crippen molar-refractivity contribution in [3.8, 4) is 0 Å². The monoisotopic (exact) mass is 218 g/mol.